The van der Waals surface area contributed by atoms with Gasteiger partial charge in [-0.15, -0.1) is 0 Å². The smallest absolute Gasteiger partial charge is 0.271 e. The lowest BCUT2D eigenvalue weighted by atomic mass is 10.0. The van der Waals surface area contributed by atoms with Crippen LogP contribution in [0.3, 0.4) is 0 Å². The number of primary amides is 1. The van der Waals surface area contributed by atoms with Crippen molar-refractivity contribution in [3.8, 4) is 17.5 Å². The maximum Gasteiger partial charge on any atom is 0.271 e. The zero-order chi connectivity index (χ0) is 26.1. The Bertz CT molecular complexity index is 1520. The average Bonchev–Trinajstić information content (AvgIpc) is 2.87. The van der Waals surface area contributed by atoms with Crippen LogP contribution in [0.4, 0.5) is 5.82 Å². The second kappa shape index (κ2) is 11.9. The molecule has 2 amide bonds. The normalized spacial score (nSPS) is 9.94. The maximum absolute atomic E-state index is 13.3. The number of hydrogen-bond donors (Lipinski definition) is 3. The van der Waals surface area contributed by atoms with Crippen molar-refractivity contribution in [1.82, 2.24) is 19.9 Å². The van der Waals surface area contributed by atoms with Crippen molar-refractivity contribution in [3.05, 3.63) is 94.3 Å². The van der Waals surface area contributed by atoms with Crippen molar-refractivity contribution in [3.63, 3.8) is 0 Å². The van der Waals surface area contributed by atoms with Crippen LogP contribution in [0.15, 0.2) is 71.8 Å². The summed E-state index contributed by atoms with van der Waals surface area (Å²) in [5, 5.41) is 4.12. The molecule has 0 radical (unpaired) electrons. The molecule has 4 aromatic rings. The molecule has 182 valence electrons. The van der Waals surface area contributed by atoms with E-state index < -0.39 is 5.91 Å². The fourth-order valence-electron chi connectivity index (χ4n) is 3.49. The number of pyridine rings is 1. The molecule has 36 heavy (non-hydrogen) atoms. The molecule has 0 unspecified atom stereocenters. The Labute approximate surface area is 208 Å². The SMILES string of the molecule is CCc1cc2cccc(C#CCNC(C)=O)c2c(=O)n1-c1ccccc1.NC(=O)c1nccnc1N. The first-order chi connectivity index (χ1) is 17.3. The summed E-state index contributed by atoms with van der Waals surface area (Å²) in [5.74, 6) is 5.21. The van der Waals surface area contributed by atoms with Crippen LogP contribution in [0.2, 0.25) is 0 Å². The largest absolute Gasteiger partial charge is 0.382 e. The van der Waals surface area contributed by atoms with Gasteiger partial charge in [-0.3, -0.25) is 19.0 Å². The van der Waals surface area contributed by atoms with Crippen LogP contribution < -0.4 is 22.3 Å². The predicted molar refractivity (Wildman–Crippen MR) is 139 cm³/mol. The molecule has 0 spiro atoms. The van der Waals surface area contributed by atoms with Crippen molar-refractivity contribution in [2.45, 2.75) is 20.3 Å². The van der Waals surface area contributed by atoms with Gasteiger partial charge >= 0.3 is 0 Å². The maximum atomic E-state index is 13.3. The summed E-state index contributed by atoms with van der Waals surface area (Å²) in [4.78, 5) is 41.9. The lowest BCUT2D eigenvalue weighted by Crippen LogP contribution is -2.22. The summed E-state index contributed by atoms with van der Waals surface area (Å²) >= 11 is 0. The minimum atomic E-state index is -0.661. The van der Waals surface area contributed by atoms with E-state index in [4.69, 9.17) is 11.5 Å². The van der Waals surface area contributed by atoms with Crippen molar-refractivity contribution < 1.29 is 9.59 Å². The minimum absolute atomic E-state index is 0.0162. The number of rotatable bonds is 4. The number of nitrogen functional groups attached to an aromatic ring is 1. The molecule has 0 saturated heterocycles. The van der Waals surface area contributed by atoms with Crippen LogP contribution in [0.25, 0.3) is 16.5 Å². The predicted octanol–water partition coefficient (Wildman–Crippen LogP) is 2.20. The van der Waals surface area contributed by atoms with Crippen LogP contribution in [0.1, 0.15) is 35.6 Å². The number of carbonyl (C=O) groups is 2. The van der Waals surface area contributed by atoms with E-state index in [1.807, 2.05) is 61.5 Å². The molecule has 2 aromatic carbocycles. The van der Waals surface area contributed by atoms with E-state index in [2.05, 4.69) is 27.1 Å². The molecule has 0 atom stereocenters. The number of amides is 2. The second-order valence-electron chi connectivity index (χ2n) is 7.60. The molecule has 0 fully saturated rings. The monoisotopic (exact) mass is 482 g/mol. The third-order valence-corrected chi connectivity index (χ3v) is 5.11. The zero-order valence-corrected chi connectivity index (χ0v) is 20.0. The van der Waals surface area contributed by atoms with E-state index in [1.165, 1.54) is 19.3 Å². The summed E-state index contributed by atoms with van der Waals surface area (Å²) in [6.07, 6.45) is 3.50. The Morgan fingerprint density at radius 3 is 2.39 bits per heavy atom. The highest BCUT2D eigenvalue weighted by Crippen LogP contribution is 2.19. The van der Waals surface area contributed by atoms with Crippen molar-refractivity contribution in [1.29, 1.82) is 0 Å². The third kappa shape index (κ3) is 6.12. The Morgan fingerprint density at radius 2 is 1.78 bits per heavy atom. The number of carbonyl (C=O) groups excluding carboxylic acids is 2. The minimum Gasteiger partial charge on any atom is -0.382 e. The number of benzene rings is 2. The highest BCUT2D eigenvalue weighted by atomic mass is 16.2. The molecule has 2 heterocycles. The van der Waals surface area contributed by atoms with E-state index in [1.54, 1.807) is 4.57 Å². The molecule has 2 aromatic heterocycles. The van der Waals surface area contributed by atoms with Gasteiger partial charge in [0.2, 0.25) is 5.91 Å². The molecule has 0 aliphatic rings. The summed E-state index contributed by atoms with van der Waals surface area (Å²) in [7, 11) is 0. The summed E-state index contributed by atoms with van der Waals surface area (Å²) < 4.78 is 1.75. The van der Waals surface area contributed by atoms with Gasteiger partial charge in [-0.25, -0.2) is 9.97 Å². The molecular formula is C27H26N6O3. The molecule has 0 bridgehead atoms. The Morgan fingerprint density at radius 1 is 1.06 bits per heavy atom. The molecule has 0 aliphatic heterocycles. The van der Waals surface area contributed by atoms with E-state index >= 15 is 0 Å². The van der Waals surface area contributed by atoms with Gasteiger partial charge in [0.15, 0.2) is 11.5 Å². The van der Waals surface area contributed by atoms with Crippen LogP contribution in [-0.4, -0.2) is 32.9 Å². The number of fused-ring (bicyclic) bond motifs is 1. The fraction of sp³-hybridized carbons (Fsp3) is 0.148. The summed E-state index contributed by atoms with van der Waals surface area (Å²) in [6.45, 7) is 3.74. The Kier molecular flexibility index (Phi) is 8.51. The van der Waals surface area contributed by atoms with Gasteiger partial charge in [0.05, 0.1) is 11.9 Å². The molecule has 9 heteroatoms. The van der Waals surface area contributed by atoms with E-state index in [0.29, 0.717) is 10.9 Å². The number of hydrogen-bond acceptors (Lipinski definition) is 6. The number of aryl methyl sites for hydroxylation is 1. The number of nitrogens with one attached hydrogen (secondary N) is 1. The van der Waals surface area contributed by atoms with Crippen molar-refractivity contribution in [2.24, 2.45) is 5.73 Å². The van der Waals surface area contributed by atoms with Gasteiger partial charge < -0.3 is 16.8 Å². The third-order valence-electron chi connectivity index (χ3n) is 5.11. The van der Waals surface area contributed by atoms with Crippen molar-refractivity contribution >= 4 is 28.4 Å². The molecule has 0 aliphatic carbocycles. The lowest BCUT2D eigenvalue weighted by molar-refractivity contribution is -0.118. The van der Waals surface area contributed by atoms with Gasteiger partial charge in [-0.05, 0) is 36.1 Å². The molecule has 0 saturated carbocycles. The highest BCUT2D eigenvalue weighted by Gasteiger charge is 2.12. The summed E-state index contributed by atoms with van der Waals surface area (Å²) in [6, 6.07) is 17.3. The van der Waals surface area contributed by atoms with Crippen LogP contribution in [0.5, 0.6) is 0 Å². The van der Waals surface area contributed by atoms with Gasteiger partial charge in [0.25, 0.3) is 11.5 Å². The standard InChI is InChI=1S/C22H20N2O2.C5H6N4O/c1-3-19-15-18-10-7-9-17(11-8-14-23-16(2)25)21(18)22(26)24(19)20-12-5-4-6-13-20;6-4-3(5(7)10)8-1-2-9-4/h4-7,9-10,12-13,15H,3,14H2,1-2H3,(H,23,25);1-2H,(H2,6,9)(H2,7,10). The lowest BCUT2D eigenvalue weighted by Gasteiger charge is -2.14. The number of nitrogens with two attached hydrogens (primary N) is 2. The highest BCUT2D eigenvalue weighted by molar-refractivity contribution is 5.94. The van der Waals surface area contributed by atoms with E-state index in [0.717, 1.165) is 23.2 Å². The quantitative estimate of drug-likeness (QED) is 0.380. The first-order valence-electron chi connectivity index (χ1n) is 11.2. The second-order valence-corrected chi connectivity index (χ2v) is 7.60. The van der Waals surface area contributed by atoms with E-state index in [9.17, 15) is 14.4 Å². The number of nitrogens with zero attached hydrogens (tertiary/aromatic N) is 3. The van der Waals surface area contributed by atoms with Gasteiger partial charge in [0.1, 0.15) is 0 Å². The van der Waals surface area contributed by atoms with Gasteiger partial charge in [-0.2, -0.15) is 0 Å². The number of para-hydroxylation sites is 1. The first-order valence-corrected chi connectivity index (χ1v) is 11.2. The Hall–Kier alpha value is -4.97. The van der Waals surface area contributed by atoms with Gasteiger partial charge in [0, 0.05) is 36.3 Å². The van der Waals surface area contributed by atoms with E-state index in [-0.39, 0.29) is 29.5 Å². The summed E-state index contributed by atoms with van der Waals surface area (Å²) in [5.41, 5.74) is 12.6. The molecule has 9 nitrogen and oxygen atoms in total. The molecule has 4 rings (SSSR count). The molecular weight excluding hydrogens is 456 g/mol. The zero-order valence-electron chi connectivity index (χ0n) is 20.0. The number of anilines is 1. The van der Waals surface area contributed by atoms with Crippen LogP contribution >= 0.6 is 0 Å². The van der Waals surface area contributed by atoms with Crippen LogP contribution in [0, 0.1) is 11.8 Å². The fourth-order valence-corrected chi connectivity index (χ4v) is 3.49. The topological polar surface area (TPSA) is 146 Å². The van der Waals surface area contributed by atoms with Crippen molar-refractivity contribution in [2.75, 3.05) is 12.3 Å². The number of aromatic nitrogens is 3. The van der Waals surface area contributed by atoms with Crippen LogP contribution in [-0.2, 0) is 11.2 Å². The molecule has 5 N–H and O–H groups in total. The first kappa shape index (κ1) is 25.6. The Balaban J connectivity index is 0.000000303. The average molecular weight is 483 g/mol. The van der Waals surface area contributed by atoms with Gasteiger partial charge in [-0.1, -0.05) is 49.1 Å².